The van der Waals surface area contributed by atoms with Gasteiger partial charge in [-0.3, -0.25) is 19.2 Å². The Morgan fingerprint density at radius 2 is 1.88 bits per heavy atom. The number of methoxy groups -OCH3 is 1. The molecule has 1 heterocycles. The van der Waals surface area contributed by atoms with E-state index >= 15 is 0 Å². The number of ether oxygens (including phenoxy) is 3. The van der Waals surface area contributed by atoms with E-state index in [1.54, 1.807) is 44.5 Å². The average Bonchev–Trinajstić information content (AvgIpc) is 2.96. The van der Waals surface area contributed by atoms with Crippen molar-refractivity contribution < 1.29 is 33.4 Å². The maximum absolute atomic E-state index is 13.3. The van der Waals surface area contributed by atoms with E-state index in [9.17, 15) is 19.2 Å². The number of fused-ring (bicyclic) bond motifs is 1. The van der Waals surface area contributed by atoms with Crippen molar-refractivity contribution in [3.8, 4) is 17.2 Å². The van der Waals surface area contributed by atoms with E-state index in [4.69, 9.17) is 14.2 Å². The first-order valence-corrected chi connectivity index (χ1v) is 14.2. The van der Waals surface area contributed by atoms with Crippen LogP contribution >= 0.6 is 0 Å². The predicted octanol–water partition coefficient (Wildman–Crippen LogP) is 2.46. The second-order valence-corrected chi connectivity index (χ2v) is 10.7. The third kappa shape index (κ3) is 9.39. The Hall–Kier alpha value is -4.28. The lowest BCUT2D eigenvalue weighted by Crippen LogP contribution is -2.50. The molecule has 0 fully saturated rings. The summed E-state index contributed by atoms with van der Waals surface area (Å²) in [5.74, 6) is 0.0488. The van der Waals surface area contributed by atoms with Crippen LogP contribution in [0.15, 0.2) is 42.5 Å². The highest BCUT2D eigenvalue weighted by molar-refractivity contribution is 5.99. The van der Waals surface area contributed by atoms with Gasteiger partial charge in [-0.2, -0.15) is 0 Å². The van der Waals surface area contributed by atoms with Gasteiger partial charge < -0.3 is 35.1 Å². The van der Waals surface area contributed by atoms with E-state index < -0.39 is 23.9 Å². The molecule has 0 aromatic heterocycles. The smallest absolute Gasteiger partial charge is 0.255 e. The normalized spacial score (nSPS) is 18.5. The van der Waals surface area contributed by atoms with Crippen LogP contribution in [0.2, 0.25) is 0 Å². The van der Waals surface area contributed by atoms with Crippen molar-refractivity contribution in [3.63, 3.8) is 0 Å². The van der Waals surface area contributed by atoms with Crippen molar-refractivity contribution in [1.82, 2.24) is 20.9 Å². The fourth-order valence-electron chi connectivity index (χ4n) is 4.54. The average molecular weight is 583 g/mol. The van der Waals surface area contributed by atoms with E-state index in [1.165, 1.54) is 4.90 Å². The molecule has 42 heavy (non-hydrogen) atoms. The lowest BCUT2D eigenvalue weighted by Gasteiger charge is -2.26. The molecule has 4 amide bonds. The van der Waals surface area contributed by atoms with Gasteiger partial charge in [0.25, 0.3) is 5.91 Å². The molecule has 3 rings (SSSR count). The Morgan fingerprint density at radius 1 is 1.12 bits per heavy atom. The second-order valence-electron chi connectivity index (χ2n) is 10.7. The number of carbonyl (C=O) groups is 4. The standard InChI is InChI=1S/C31H42N4O7/c1-20(2)18-24-31(39)35(4)15-17-42-25-9-7-6-8-22(25)29(37)34-23(11-13-28(36)33-24)30(38)32-14-16-41-26-12-10-21(3)19-27(26)40-5/h6-10,12,19-20,23-24H,11,13-18H2,1-5H3,(H,32,38)(H,33,36)(H,34,37)/t23-,24+/m0/s1. The van der Waals surface area contributed by atoms with Gasteiger partial charge >= 0.3 is 0 Å². The van der Waals surface area contributed by atoms with Crippen molar-refractivity contribution in [2.75, 3.05) is 40.5 Å². The minimum atomic E-state index is -1.02. The fraction of sp³-hybridized carbons (Fsp3) is 0.484. The first-order chi connectivity index (χ1) is 20.1. The molecule has 0 spiro atoms. The van der Waals surface area contributed by atoms with E-state index in [-0.39, 0.29) is 62.4 Å². The number of hydrogen-bond acceptors (Lipinski definition) is 7. The van der Waals surface area contributed by atoms with E-state index in [0.717, 1.165) is 5.56 Å². The van der Waals surface area contributed by atoms with Crippen molar-refractivity contribution in [3.05, 3.63) is 53.6 Å². The van der Waals surface area contributed by atoms with Gasteiger partial charge in [-0.1, -0.05) is 32.0 Å². The molecule has 11 heteroatoms. The summed E-state index contributed by atoms with van der Waals surface area (Å²) in [6, 6.07) is 10.5. The number of amides is 4. The molecule has 228 valence electrons. The molecular formula is C31H42N4O7. The van der Waals surface area contributed by atoms with Crippen LogP contribution in [0.25, 0.3) is 0 Å². The van der Waals surface area contributed by atoms with Gasteiger partial charge in [0.2, 0.25) is 17.7 Å². The number of hydrogen-bond donors (Lipinski definition) is 3. The first-order valence-electron chi connectivity index (χ1n) is 14.2. The number of aryl methyl sites for hydroxylation is 1. The SMILES string of the molecule is COc1cc(C)ccc1OCCNC(=O)[C@@H]1CCC(=O)N[C@H](CC(C)C)C(=O)N(C)CCOc2ccccc2C(=O)N1. The largest absolute Gasteiger partial charge is 0.493 e. The summed E-state index contributed by atoms with van der Waals surface area (Å²) in [7, 11) is 3.21. The van der Waals surface area contributed by atoms with Crippen LogP contribution in [0.1, 0.15) is 49.0 Å². The number of para-hydroxylation sites is 1. The molecule has 0 bridgehead atoms. The molecule has 1 aliphatic heterocycles. The van der Waals surface area contributed by atoms with Gasteiger partial charge in [-0.05, 0) is 55.5 Å². The minimum absolute atomic E-state index is 0.0253. The monoisotopic (exact) mass is 582 g/mol. The molecule has 1 aliphatic rings. The summed E-state index contributed by atoms with van der Waals surface area (Å²) in [6.07, 6.45) is 0.418. The summed E-state index contributed by atoms with van der Waals surface area (Å²) in [4.78, 5) is 54.1. The van der Waals surface area contributed by atoms with Crippen LogP contribution in [0.5, 0.6) is 17.2 Å². The molecule has 3 N–H and O–H groups in total. The minimum Gasteiger partial charge on any atom is -0.493 e. The number of nitrogens with zero attached hydrogens (tertiary/aromatic N) is 1. The number of carbonyl (C=O) groups excluding carboxylic acids is 4. The number of nitrogens with one attached hydrogen (secondary N) is 3. The van der Waals surface area contributed by atoms with Gasteiger partial charge in [-0.25, -0.2) is 0 Å². The second kappa shape index (κ2) is 15.6. The topological polar surface area (TPSA) is 135 Å². The van der Waals surface area contributed by atoms with Crippen LogP contribution < -0.4 is 30.2 Å². The highest BCUT2D eigenvalue weighted by Crippen LogP contribution is 2.27. The Labute approximate surface area is 247 Å². The van der Waals surface area contributed by atoms with Gasteiger partial charge in [0.05, 0.1) is 25.8 Å². The van der Waals surface area contributed by atoms with Crippen molar-refractivity contribution >= 4 is 23.6 Å². The van der Waals surface area contributed by atoms with Crippen LogP contribution in [0, 0.1) is 12.8 Å². The summed E-state index contributed by atoms with van der Waals surface area (Å²) in [5.41, 5.74) is 1.27. The number of benzene rings is 2. The molecule has 2 atom stereocenters. The van der Waals surface area contributed by atoms with Crippen LogP contribution in [-0.4, -0.2) is 81.1 Å². The van der Waals surface area contributed by atoms with Gasteiger partial charge in [0.1, 0.15) is 31.0 Å². The van der Waals surface area contributed by atoms with Gasteiger partial charge in [0, 0.05) is 13.5 Å². The molecule has 0 unspecified atom stereocenters. The first kappa shape index (κ1) is 32.2. The van der Waals surface area contributed by atoms with Gasteiger partial charge in [-0.15, -0.1) is 0 Å². The molecule has 0 saturated heterocycles. The third-order valence-electron chi connectivity index (χ3n) is 6.79. The lowest BCUT2D eigenvalue weighted by molar-refractivity contribution is -0.136. The highest BCUT2D eigenvalue weighted by Gasteiger charge is 2.28. The van der Waals surface area contributed by atoms with Crippen molar-refractivity contribution in [2.45, 2.75) is 52.1 Å². The van der Waals surface area contributed by atoms with E-state index in [0.29, 0.717) is 23.7 Å². The molecule has 11 nitrogen and oxygen atoms in total. The summed E-state index contributed by atoms with van der Waals surface area (Å²) < 4.78 is 17.0. The van der Waals surface area contributed by atoms with Crippen molar-refractivity contribution in [1.29, 1.82) is 0 Å². The maximum atomic E-state index is 13.3. The quantitative estimate of drug-likeness (QED) is 0.407. The zero-order chi connectivity index (χ0) is 30.6. The fourth-order valence-corrected chi connectivity index (χ4v) is 4.54. The zero-order valence-corrected chi connectivity index (χ0v) is 25.0. The molecule has 2 aromatic rings. The van der Waals surface area contributed by atoms with Crippen LogP contribution in [0.3, 0.4) is 0 Å². The number of likely N-dealkylation sites (N-methyl/N-ethyl adjacent to an activating group) is 1. The molecule has 0 radical (unpaired) electrons. The van der Waals surface area contributed by atoms with Crippen molar-refractivity contribution in [2.24, 2.45) is 5.92 Å². The summed E-state index contributed by atoms with van der Waals surface area (Å²) in [6.45, 7) is 6.62. The Bertz CT molecular complexity index is 1250. The number of rotatable bonds is 8. The predicted molar refractivity (Wildman–Crippen MR) is 158 cm³/mol. The highest BCUT2D eigenvalue weighted by atomic mass is 16.5. The molecule has 2 aromatic carbocycles. The van der Waals surface area contributed by atoms with E-state index in [2.05, 4.69) is 16.0 Å². The maximum Gasteiger partial charge on any atom is 0.255 e. The molecular weight excluding hydrogens is 540 g/mol. The zero-order valence-electron chi connectivity index (χ0n) is 25.0. The molecule has 0 saturated carbocycles. The summed E-state index contributed by atoms with van der Waals surface area (Å²) >= 11 is 0. The van der Waals surface area contributed by atoms with Gasteiger partial charge in [0.15, 0.2) is 11.5 Å². The lowest BCUT2D eigenvalue weighted by atomic mass is 10.0. The van der Waals surface area contributed by atoms with Crippen LogP contribution in [0.4, 0.5) is 0 Å². The summed E-state index contributed by atoms with van der Waals surface area (Å²) in [5, 5.41) is 8.36. The third-order valence-corrected chi connectivity index (χ3v) is 6.79. The Balaban J connectivity index is 1.74. The van der Waals surface area contributed by atoms with Crippen LogP contribution in [-0.2, 0) is 14.4 Å². The Kier molecular flexibility index (Phi) is 12.0. The molecule has 0 aliphatic carbocycles. The van der Waals surface area contributed by atoms with E-state index in [1.807, 2.05) is 32.9 Å². The Morgan fingerprint density at radius 3 is 2.62 bits per heavy atom.